The second-order valence-corrected chi connectivity index (χ2v) is 4.59. The Hall–Kier alpha value is -1.74. The van der Waals surface area contributed by atoms with Gasteiger partial charge in [-0.15, -0.1) is 0 Å². The Bertz CT molecular complexity index is 537. The van der Waals surface area contributed by atoms with Crippen LogP contribution in [0.15, 0.2) is 36.5 Å². The highest BCUT2D eigenvalue weighted by Crippen LogP contribution is 2.23. The fraction of sp³-hybridized carbons (Fsp3) is 0.267. The third-order valence-corrected chi connectivity index (χ3v) is 3.08. The average Bonchev–Trinajstić information content (AvgIpc) is 2.39. The normalized spacial score (nSPS) is 10.3. The Morgan fingerprint density at radius 3 is 2.89 bits per heavy atom. The van der Waals surface area contributed by atoms with Crippen molar-refractivity contribution in [2.75, 3.05) is 11.9 Å². The molecule has 0 fully saturated rings. The monoisotopic (exact) mass is 276 g/mol. The van der Waals surface area contributed by atoms with Crippen molar-refractivity contribution in [3.05, 3.63) is 52.8 Å². The predicted octanol–water partition coefficient (Wildman–Crippen LogP) is 4.05. The Kier molecular flexibility index (Phi) is 4.63. The van der Waals surface area contributed by atoms with Crippen LogP contribution in [0.2, 0.25) is 5.15 Å². The van der Waals surface area contributed by atoms with E-state index in [1.807, 2.05) is 38.1 Å². The van der Waals surface area contributed by atoms with E-state index in [4.69, 9.17) is 16.3 Å². The van der Waals surface area contributed by atoms with E-state index in [0.717, 1.165) is 22.6 Å². The maximum absolute atomic E-state index is 6.08. The van der Waals surface area contributed by atoms with Crippen molar-refractivity contribution < 1.29 is 4.74 Å². The van der Waals surface area contributed by atoms with Crippen LogP contribution in [0.5, 0.6) is 5.75 Å². The van der Waals surface area contributed by atoms with Gasteiger partial charge < -0.3 is 10.1 Å². The van der Waals surface area contributed by atoms with Crippen LogP contribution < -0.4 is 10.1 Å². The van der Waals surface area contributed by atoms with Gasteiger partial charge in [0.05, 0.1) is 12.3 Å². The first-order valence-corrected chi connectivity index (χ1v) is 6.65. The summed E-state index contributed by atoms with van der Waals surface area (Å²) in [5, 5.41) is 3.82. The van der Waals surface area contributed by atoms with Crippen molar-refractivity contribution in [1.82, 2.24) is 4.98 Å². The van der Waals surface area contributed by atoms with Gasteiger partial charge in [-0.05, 0) is 43.2 Å². The van der Waals surface area contributed by atoms with Crippen LogP contribution in [0, 0.1) is 6.92 Å². The molecule has 2 rings (SSSR count). The maximum Gasteiger partial charge on any atom is 0.152 e. The summed E-state index contributed by atoms with van der Waals surface area (Å²) in [6.07, 6.45) is 1.71. The van der Waals surface area contributed by atoms with Gasteiger partial charge in [0.25, 0.3) is 0 Å². The molecule has 1 aromatic heterocycles. The van der Waals surface area contributed by atoms with E-state index >= 15 is 0 Å². The van der Waals surface area contributed by atoms with Crippen molar-refractivity contribution in [2.24, 2.45) is 0 Å². The number of hydrogen-bond acceptors (Lipinski definition) is 3. The molecule has 1 N–H and O–H groups in total. The lowest BCUT2D eigenvalue weighted by atomic mass is 10.2. The van der Waals surface area contributed by atoms with E-state index in [1.165, 1.54) is 0 Å². The first kappa shape index (κ1) is 13.7. The molecule has 0 amide bonds. The summed E-state index contributed by atoms with van der Waals surface area (Å²) in [6.45, 7) is 5.34. The Morgan fingerprint density at radius 2 is 2.16 bits per heavy atom. The molecule has 1 heterocycles. The molecule has 1 aromatic carbocycles. The van der Waals surface area contributed by atoms with E-state index < -0.39 is 0 Å². The minimum atomic E-state index is 0.501. The fourth-order valence-electron chi connectivity index (χ4n) is 1.84. The summed E-state index contributed by atoms with van der Waals surface area (Å²) >= 11 is 6.08. The van der Waals surface area contributed by atoms with E-state index in [9.17, 15) is 0 Å². The molecule has 0 spiro atoms. The minimum Gasteiger partial charge on any atom is -0.494 e. The minimum absolute atomic E-state index is 0.501. The first-order chi connectivity index (χ1) is 9.20. The van der Waals surface area contributed by atoms with Gasteiger partial charge in [-0.25, -0.2) is 4.98 Å². The van der Waals surface area contributed by atoms with Crippen LogP contribution in [0.25, 0.3) is 0 Å². The highest BCUT2D eigenvalue weighted by molar-refractivity contribution is 6.32. The lowest BCUT2D eigenvalue weighted by Gasteiger charge is -2.11. The lowest BCUT2D eigenvalue weighted by Crippen LogP contribution is -2.03. The van der Waals surface area contributed by atoms with Gasteiger partial charge in [0.2, 0.25) is 0 Å². The van der Waals surface area contributed by atoms with Gasteiger partial charge in [0.1, 0.15) is 5.75 Å². The third kappa shape index (κ3) is 3.61. The summed E-state index contributed by atoms with van der Waals surface area (Å²) in [5.74, 6) is 0.885. The molecule has 0 aliphatic carbocycles. The van der Waals surface area contributed by atoms with Crippen LogP contribution in [0.4, 0.5) is 5.69 Å². The summed E-state index contributed by atoms with van der Waals surface area (Å²) in [6, 6.07) is 9.95. The van der Waals surface area contributed by atoms with E-state index in [0.29, 0.717) is 18.3 Å². The number of halogens is 1. The Balaban J connectivity index is 2.08. The highest BCUT2D eigenvalue weighted by Gasteiger charge is 2.04. The van der Waals surface area contributed by atoms with Crippen LogP contribution in [-0.4, -0.2) is 11.6 Å². The topological polar surface area (TPSA) is 34.1 Å². The van der Waals surface area contributed by atoms with Crippen molar-refractivity contribution in [3.63, 3.8) is 0 Å². The predicted molar refractivity (Wildman–Crippen MR) is 78.9 cm³/mol. The smallest absolute Gasteiger partial charge is 0.152 e. The van der Waals surface area contributed by atoms with Crippen molar-refractivity contribution in [2.45, 2.75) is 20.4 Å². The van der Waals surface area contributed by atoms with Gasteiger partial charge in [0, 0.05) is 12.7 Å². The van der Waals surface area contributed by atoms with Gasteiger partial charge in [0.15, 0.2) is 5.15 Å². The molecule has 3 nitrogen and oxygen atoms in total. The summed E-state index contributed by atoms with van der Waals surface area (Å²) in [7, 11) is 0. The SMILES string of the molecule is CCOc1cccc(CNc2c(C)ccnc2Cl)c1. The molecule has 0 radical (unpaired) electrons. The van der Waals surface area contributed by atoms with Gasteiger partial charge in [-0.1, -0.05) is 23.7 Å². The number of anilines is 1. The molecule has 4 heteroatoms. The molecule has 2 aromatic rings. The zero-order valence-electron chi connectivity index (χ0n) is 11.1. The van der Waals surface area contributed by atoms with E-state index in [1.54, 1.807) is 6.20 Å². The van der Waals surface area contributed by atoms with Crippen LogP contribution in [-0.2, 0) is 6.54 Å². The Labute approximate surface area is 118 Å². The second-order valence-electron chi connectivity index (χ2n) is 4.23. The summed E-state index contributed by atoms with van der Waals surface area (Å²) in [5.41, 5.74) is 3.11. The van der Waals surface area contributed by atoms with Crippen LogP contribution in [0.1, 0.15) is 18.1 Å². The van der Waals surface area contributed by atoms with Crippen molar-refractivity contribution in [3.8, 4) is 5.75 Å². The quantitative estimate of drug-likeness (QED) is 0.837. The van der Waals surface area contributed by atoms with Gasteiger partial charge in [-0.3, -0.25) is 0 Å². The summed E-state index contributed by atoms with van der Waals surface area (Å²) < 4.78 is 5.48. The average molecular weight is 277 g/mol. The Morgan fingerprint density at radius 1 is 1.32 bits per heavy atom. The second kappa shape index (κ2) is 6.43. The van der Waals surface area contributed by atoms with Crippen LogP contribution in [0.3, 0.4) is 0 Å². The number of nitrogens with zero attached hydrogens (tertiary/aromatic N) is 1. The molecular weight excluding hydrogens is 260 g/mol. The number of hydrogen-bond donors (Lipinski definition) is 1. The van der Waals surface area contributed by atoms with Crippen molar-refractivity contribution >= 4 is 17.3 Å². The molecule has 0 aliphatic rings. The standard InChI is InChI=1S/C15H17ClN2O/c1-3-19-13-6-4-5-12(9-13)10-18-14-11(2)7-8-17-15(14)16/h4-9,18H,3,10H2,1-2H3. The lowest BCUT2D eigenvalue weighted by molar-refractivity contribution is 0.340. The zero-order valence-corrected chi connectivity index (χ0v) is 11.9. The zero-order chi connectivity index (χ0) is 13.7. The number of pyridine rings is 1. The molecule has 0 saturated carbocycles. The summed E-state index contributed by atoms with van der Waals surface area (Å²) in [4.78, 5) is 4.08. The largest absolute Gasteiger partial charge is 0.494 e. The van der Waals surface area contributed by atoms with Gasteiger partial charge in [-0.2, -0.15) is 0 Å². The van der Waals surface area contributed by atoms with E-state index in [-0.39, 0.29) is 0 Å². The molecule has 0 saturated heterocycles. The van der Waals surface area contributed by atoms with E-state index in [2.05, 4.69) is 16.4 Å². The number of aryl methyl sites for hydroxylation is 1. The van der Waals surface area contributed by atoms with Crippen molar-refractivity contribution in [1.29, 1.82) is 0 Å². The number of ether oxygens (including phenoxy) is 1. The van der Waals surface area contributed by atoms with Gasteiger partial charge >= 0.3 is 0 Å². The number of rotatable bonds is 5. The third-order valence-electron chi connectivity index (χ3n) is 2.79. The maximum atomic E-state index is 6.08. The fourth-order valence-corrected chi connectivity index (χ4v) is 2.11. The number of aromatic nitrogens is 1. The molecular formula is C15H17ClN2O. The number of nitrogens with one attached hydrogen (secondary N) is 1. The number of benzene rings is 1. The molecule has 0 aliphatic heterocycles. The molecule has 0 unspecified atom stereocenters. The molecule has 100 valence electrons. The molecule has 0 atom stereocenters. The van der Waals surface area contributed by atoms with Crippen LogP contribution >= 0.6 is 11.6 Å². The highest BCUT2D eigenvalue weighted by atomic mass is 35.5. The molecule has 0 bridgehead atoms. The first-order valence-electron chi connectivity index (χ1n) is 6.27. The molecule has 19 heavy (non-hydrogen) atoms.